The number of amides is 1. The van der Waals surface area contributed by atoms with Gasteiger partial charge in [0.2, 0.25) is 5.91 Å². The van der Waals surface area contributed by atoms with Gasteiger partial charge in [-0.25, -0.2) is 4.98 Å². The zero-order valence-corrected chi connectivity index (χ0v) is 16.4. The fraction of sp³-hybridized carbons (Fsp3) is 0.455. The van der Waals surface area contributed by atoms with Gasteiger partial charge in [0.1, 0.15) is 5.82 Å². The predicted octanol–water partition coefficient (Wildman–Crippen LogP) is 4.60. The number of carbonyl (C=O) groups excluding carboxylic acids is 1. The van der Waals surface area contributed by atoms with E-state index in [1.165, 1.54) is 17.8 Å². The van der Waals surface area contributed by atoms with Gasteiger partial charge in [-0.15, -0.1) is 0 Å². The van der Waals surface area contributed by atoms with E-state index in [1.807, 2.05) is 24.0 Å². The van der Waals surface area contributed by atoms with E-state index in [1.54, 1.807) is 4.90 Å². The molecule has 1 aromatic heterocycles. The van der Waals surface area contributed by atoms with Crippen molar-refractivity contribution in [1.29, 1.82) is 0 Å². The van der Waals surface area contributed by atoms with Gasteiger partial charge in [0, 0.05) is 31.5 Å². The number of hydrogen-bond acceptors (Lipinski definition) is 3. The summed E-state index contributed by atoms with van der Waals surface area (Å²) in [4.78, 5) is 20.8. The Bertz CT molecular complexity index is 912. The molecule has 4 nitrogen and oxygen atoms in total. The summed E-state index contributed by atoms with van der Waals surface area (Å²) in [6.07, 6.45) is 0.0983. The van der Waals surface area contributed by atoms with Crippen molar-refractivity contribution < 1.29 is 18.0 Å². The molecule has 0 N–H and O–H groups in total. The van der Waals surface area contributed by atoms with E-state index in [9.17, 15) is 18.0 Å². The topological polar surface area (TPSA) is 36.4 Å². The highest BCUT2D eigenvalue weighted by molar-refractivity contribution is 5.96. The zero-order valence-electron chi connectivity index (χ0n) is 16.4. The predicted molar refractivity (Wildman–Crippen MR) is 106 cm³/mol. The molecule has 0 bridgehead atoms. The van der Waals surface area contributed by atoms with E-state index in [4.69, 9.17) is 0 Å². The van der Waals surface area contributed by atoms with E-state index in [0.717, 1.165) is 30.2 Å². The molecule has 1 fully saturated rings. The normalized spacial score (nSPS) is 19.8. The van der Waals surface area contributed by atoms with E-state index in [0.29, 0.717) is 25.9 Å². The molecule has 1 unspecified atom stereocenters. The van der Waals surface area contributed by atoms with Crippen LogP contribution >= 0.6 is 0 Å². The smallest absolute Gasteiger partial charge is 0.355 e. The van der Waals surface area contributed by atoms with Crippen LogP contribution in [0.25, 0.3) is 0 Å². The molecule has 3 heterocycles. The lowest BCUT2D eigenvalue weighted by Crippen LogP contribution is -2.47. The Morgan fingerprint density at radius 1 is 1.17 bits per heavy atom. The van der Waals surface area contributed by atoms with Crippen LogP contribution in [0.5, 0.6) is 0 Å². The van der Waals surface area contributed by atoms with Crippen molar-refractivity contribution >= 4 is 17.4 Å². The lowest BCUT2D eigenvalue weighted by atomic mass is 9.93. The maximum Gasteiger partial charge on any atom is 0.419 e. The SMILES string of the molecule is Cc1ccc2c(c1)CCCN2C(=O)C1CCCN(c2ncccc2C(F)(F)F)C1. The number of nitrogens with zero attached hydrogens (tertiary/aromatic N) is 3. The number of hydrogen-bond donors (Lipinski definition) is 0. The summed E-state index contributed by atoms with van der Waals surface area (Å²) in [5.74, 6) is -0.407. The Morgan fingerprint density at radius 3 is 2.79 bits per heavy atom. The Morgan fingerprint density at radius 2 is 2.00 bits per heavy atom. The molecule has 0 aliphatic carbocycles. The highest BCUT2D eigenvalue weighted by Gasteiger charge is 2.38. The number of piperidine rings is 1. The zero-order chi connectivity index (χ0) is 20.6. The number of aromatic nitrogens is 1. The molecule has 4 rings (SSSR count). The standard InChI is InChI=1S/C22H24F3N3O/c1-15-8-9-19-16(13-15)5-4-12-28(19)21(29)17-6-3-11-27(14-17)20-18(22(23,24)25)7-2-10-26-20/h2,7-10,13,17H,3-6,11-12,14H2,1H3. The van der Waals surface area contributed by atoms with Crippen LogP contribution in [0, 0.1) is 12.8 Å². The van der Waals surface area contributed by atoms with Gasteiger partial charge in [-0.05, 0) is 56.4 Å². The van der Waals surface area contributed by atoms with Crippen LogP contribution in [0.3, 0.4) is 0 Å². The van der Waals surface area contributed by atoms with Gasteiger partial charge in [-0.2, -0.15) is 13.2 Å². The summed E-state index contributed by atoms with van der Waals surface area (Å²) in [5, 5.41) is 0. The average Bonchev–Trinajstić information content (AvgIpc) is 2.72. The molecule has 2 aliphatic heterocycles. The van der Waals surface area contributed by atoms with Crippen LogP contribution in [0.1, 0.15) is 36.0 Å². The minimum atomic E-state index is -4.47. The molecular weight excluding hydrogens is 379 g/mol. The van der Waals surface area contributed by atoms with Crippen molar-refractivity contribution in [2.45, 2.75) is 38.8 Å². The Kier molecular flexibility index (Phi) is 5.23. The van der Waals surface area contributed by atoms with Gasteiger partial charge in [-0.1, -0.05) is 17.7 Å². The van der Waals surface area contributed by atoms with Crippen LogP contribution in [0.4, 0.5) is 24.7 Å². The number of benzene rings is 1. The molecule has 29 heavy (non-hydrogen) atoms. The third kappa shape index (κ3) is 3.95. The Labute approximate surface area is 168 Å². The first-order valence-electron chi connectivity index (χ1n) is 10.0. The van der Waals surface area contributed by atoms with Crippen molar-refractivity contribution in [3.8, 4) is 0 Å². The number of rotatable bonds is 2. The van der Waals surface area contributed by atoms with E-state index in [-0.39, 0.29) is 24.2 Å². The summed E-state index contributed by atoms with van der Waals surface area (Å²) in [6, 6.07) is 8.46. The number of halogens is 3. The first-order chi connectivity index (χ1) is 13.8. The van der Waals surface area contributed by atoms with Crippen LogP contribution in [-0.2, 0) is 17.4 Å². The summed E-state index contributed by atoms with van der Waals surface area (Å²) < 4.78 is 40.2. The summed E-state index contributed by atoms with van der Waals surface area (Å²) in [5.41, 5.74) is 2.53. The fourth-order valence-electron chi connectivity index (χ4n) is 4.42. The van der Waals surface area contributed by atoms with Crippen LogP contribution in [0.2, 0.25) is 0 Å². The third-order valence-corrected chi connectivity index (χ3v) is 5.78. The quantitative estimate of drug-likeness (QED) is 0.735. The third-order valence-electron chi connectivity index (χ3n) is 5.78. The number of anilines is 2. The van der Waals surface area contributed by atoms with Crippen molar-refractivity contribution in [2.24, 2.45) is 5.92 Å². The maximum absolute atomic E-state index is 13.4. The summed E-state index contributed by atoms with van der Waals surface area (Å²) >= 11 is 0. The van der Waals surface area contributed by atoms with E-state index >= 15 is 0 Å². The largest absolute Gasteiger partial charge is 0.419 e. The van der Waals surface area contributed by atoms with Crippen LogP contribution in [-0.4, -0.2) is 30.5 Å². The van der Waals surface area contributed by atoms with Gasteiger partial charge >= 0.3 is 6.18 Å². The van der Waals surface area contributed by atoms with Crippen molar-refractivity contribution in [3.05, 3.63) is 53.2 Å². The molecule has 1 saturated heterocycles. The van der Waals surface area contributed by atoms with E-state index < -0.39 is 11.7 Å². The van der Waals surface area contributed by atoms with Gasteiger partial charge < -0.3 is 9.80 Å². The highest BCUT2D eigenvalue weighted by atomic mass is 19.4. The average molecular weight is 403 g/mol. The van der Waals surface area contributed by atoms with E-state index in [2.05, 4.69) is 11.1 Å². The summed E-state index contributed by atoms with van der Waals surface area (Å²) in [6.45, 7) is 3.42. The van der Waals surface area contributed by atoms with Gasteiger partial charge in [0.05, 0.1) is 11.5 Å². The Balaban J connectivity index is 1.57. The highest BCUT2D eigenvalue weighted by Crippen LogP contribution is 2.37. The molecule has 1 atom stereocenters. The second-order valence-electron chi connectivity index (χ2n) is 7.88. The second-order valence-corrected chi connectivity index (χ2v) is 7.88. The van der Waals surface area contributed by atoms with Crippen molar-refractivity contribution in [3.63, 3.8) is 0 Å². The number of pyridine rings is 1. The first-order valence-corrected chi connectivity index (χ1v) is 10.0. The number of fused-ring (bicyclic) bond motifs is 1. The Hall–Kier alpha value is -2.57. The number of alkyl halides is 3. The first kappa shape index (κ1) is 19.7. The minimum absolute atomic E-state index is 0.00370. The molecule has 2 aromatic rings. The molecular formula is C22H24F3N3O. The molecule has 7 heteroatoms. The fourth-order valence-corrected chi connectivity index (χ4v) is 4.42. The number of aryl methyl sites for hydroxylation is 2. The minimum Gasteiger partial charge on any atom is -0.355 e. The number of carbonyl (C=O) groups is 1. The molecule has 2 aliphatic rings. The van der Waals surface area contributed by atoms with Crippen molar-refractivity contribution in [2.75, 3.05) is 29.4 Å². The molecule has 0 saturated carbocycles. The second kappa shape index (κ2) is 7.69. The van der Waals surface area contributed by atoms with Crippen molar-refractivity contribution in [1.82, 2.24) is 4.98 Å². The molecule has 1 aromatic carbocycles. The molecule has 1 amide bonds. The molecule has 154 valence electrons. The van der Waals surface area contributed by atoms with Crippen LogP contribution < -0.4 is 9.80 Å². The lowest BCUT2D eigenvalue weighted by molar-refractivity contribution is -0.137. The monoisotopic (exact) mass is 403 g/mol. The molecule has 0 spiro atoms. The maximum atomic E-state index is 13.4. The van der Waals surface area contributed by atoms with Gasteiger partial charge in [0.15, 0.2) is 0 Å². The molecule has 0 radical (unpaired) electrons. The lowest BCUT2D eigenvalue weighted by Gasteiger charge is -2.38. The van der Waals surface area contributed by atoms with Gasteiger partial charge in [0.25, 0.3) is 0 Å². The van der Waals surface area contributed by atoms with Crippen LogP contribution in [0.15, 0.2) is 36.5 Å². The van der Waals surface area contributed by atoms with Gasteiger partial charge in [-0.3, -0.25) is 4.79 Å². The summed E-state index contributed by atoms with van der Waals surface area (Å²) in [7, 11) is 0.